The SMILES string of the molecule is CC[C@H](C)[C@H]1CN2CCCC2CN1. The van der Waals surface area contributed by atoms with Crippen molar-refractivity contribution in [1.29, 1.82) is 0 Å². The summed E-state index contributed by atoms with van der Waals surface area (Å²) in [6, 6.07) is 1.61. The van der Waals surface area contributed by atoms with Crippen LogP contribution < -0.4 is 5.32 Å². The third kappa shape index (κ3) is 1.89. The van der Waals surface area contributed by atoms with E-state index < -0.39 is 0 Å². The molecule has 0 aromatic carbocycles. The minimum absolute atomic E-state index is 0.749. The van der Waals surface area contributed by atoms with Crippen LogP contribution in [0.3, 0.4) is 0 Å². The second-order valence-corrected chi connectivity index (χ2v) is 4.69. The van der Waals surface area contributed by atoms with Crippen LogP contribution >= 0.6 is 0 Å². The van der Waals surface area contributed by atoms with Crippen LogP contribution in [0.4, 0.5) is 0 Å². The van der Waals surface area contributed by atoms with Gasteiger partial charge in [0.05, 0.1) is 0 Å². The molecular formula is C11H22N2. The predicted molar refractivity (Wildman–Crippen MR) is 55.8 cm³/mol. The van der Waals surface area contributed by atoms with Crippen molar-refractivity contribution < 1.29 is 0 Å². The maximum atomic E-state index is 3.70. The van der Waals surface area contributed by atoms with Crippen LogP contribution in [-0.4, -0.2) is 36.6 Å². The van der Waals surface area contributed by atoms with Crippen molar-refractivity contribution in [2.75, 3.05) is 19.6 Å². The van der Waals surface area contributed by atoms with E-state index >= 15 is 0 Å². The maximum Gasteiger partial charge on any atom is 0.0221 e. The monoisotopic (exact) mass is 182 g/mol. The number of nitrogens with zero attached hydrogens (tertiary/aromatic N) is 1. The Bertz CT molecular complexity index is 169. The van der Waals surface area contributed by atoms with E-state index in [9.17, 15) is 0 Å². The van der Waals surface area contributed by atoms with Gasteiger partial charge in [-0.05, 0) is 25.3 Å². The fourth-order valence-electron chi connectivity index (χ4n) is 2.64. The quantitative estimate of drug-likeness (QED) is 0.695. The molecule has 2 nitrogen and oxygen atoms in total. The van der Waals surface area contributed by atoms with E-state index in [0.717, 1.165) is 18.0 Å². The van der Waals surface area contributed by atoms with E-state index in [1.807, 2.05) is 0 Å². The van der Waals surface area contributed by atoms with Gasteiger partial charge in [-0.25, -0.2) is 0 Å². The lowest BCUT2D eigenvalue weighted by atomic mass is 9.96. The van der Waals surface area contributed by atoms with Crippen LogP contribution in [0.2, 0.25) is 0 Å². The topological polar surface area (TPSA) is 15.3 Å². The molecule has 2 aliphatic rings. The molecule has 2 fully saturated rings. The molecule has 2 heterocycles. The fraction of sp³-hybridized carbons (Fsp3) is 1.00. The third-order valence-electron chi connectivity index (χ3n) is 3.88. The normalized spacial score (nSPS) is 37.4. The maximum absolute atomic E-state index is 3.70. The third-order valence-corrected chi connectivity index (χ3v) is 3.88. The van der Waals surface area contributed by atoms with E-state index in [1.54, 1.807) is 0 Å². The van der Waals surface area contributed by atoms with Crippen LogP contribution in [-0.2, 0) is 0 Å². The highest BCUT2D eigenvalue weighted by Crippen LogP contribution is 2.22. The van der Waals surface area contributed by atoms with Gasteiger partial charge in [-0.2, -0.15) is 0 Å². The molecule has 2 heteroatoms. The van der Waals surface area contributed by atoms with E-state index in [1.165, 1.54) is 38.9 Å². The Morgan fingerprint density at radius 2 is 2.38 bits per heavy atom. The lowest BCUT2D eigenvalue weighted by Crippen LogP contribution is -2.55. The molecule has 2 saturated heterocycles. The van der Waals surface area contributed by atoms with Crippen molar-refractivity contribution in [3.8, 4) is 0 Å². The van der Waals surface area contributed by atoms with Crippen molar-refractivity contribution >= 4 is 0 Å². The molecular weight excluding hydrogens is 160 g/mol. The number of hydrogen-bond donors (Lipinski definition) is 1. The first-order chi connectivity index (χ1) is 6.31. The van der Waals surface area contributed by atoms with Crippen molar-refractivity contribution in [2.24, 2.45) is 5.92 Å². The number of hydrogen-bond acceptors (Lipinski definition) is 2. The summed E-state index contributed by atoms with van der Waals surface area (Å²) in [5.41, 5.74) is 0. The number of nitrogens with one attached hydrogen (secondary N) is 1. The Hall–Kier alpha value is -0.0800. The fourth-order valence-corrected chi connectivity index (χ4v) is 2.64. The van der Waals surface area contributed by atoms with Gasteiger partial charge < -0.3 is 5.32 Å². The van der Waals surface area contributed by atoms with E-state index in [4.69, 9.17) is 0 Å². The molecule has 0 aromatic heterocycles. The summed E-state index contributed by atoms with van der Waals surface area (Å²) < 4.78 is 0. The van der Waals surface area contributed by atoms with Crippen LogP contribution in [0.1, 0.15) is 33.1 Å². The summed E-state index contributed by atoms with van der Waals surface area (Å²) in [4.78, 5) is 2.69. The van der Waals surface area contributed by atoms with E-state index in [2.05, 4.69) is 24.1 Å². The zero-order chi connectivity index (χ0) is 9.26. The van der Waals surface area contributed by atoms with Gasteiger partial charge >= 0.3 is 0 Å². The van der Waals surface area contributed by atoms with Gasteiger partial charge in [0, 0.05) is 25.2 Å². The largest absolute Gasteiger partial charge is 0.311 e. The van der Waals surface area contributed by atoms with Crippen LogP contribution in [0.25, 0.3) is 0 Å². The molecule has 3 atom stereocenters. The van der Waals surface area contributed by atoms with Crippen molar-refractivity contribution in [1.82, 2.24) is 10.2 Å². The molecule has 0 bridgehead atoms. The van der Waals surface area contributed by atoms with Gasteiger partial charge in [-0.15, -0.1) is 0 Å². The Morgan fingerprint density at radius 3 is 3.15 bits per heavy atom. The first-order valence-corrected chi connectivity index (χ1v) is 5.78. The first-order valence-electron chi connectivity index (χ1n) is 5.78. The molecule has 2 aliphatic heterocycles. The van der Waals surface area contributed by atoms with Gasteiger partial charge in [0.2, 0.25) is 0 Å². The Kier molecular flexibility index (Phi) is 2.89. The van der Waals surface area contributed by atoms with E-state index in [0.29, 0.717) is 0 Å². The van der Waals surface area contributed by atoms with Crippen molar-refractivity contribution in [3.63, 3.8) is 0 Å². The molecule has 0 aromatic rings. The molecule has 13 heavy (non-hydrogen) atoms. The Labute approximate surface area is 81.7 Å². The molecule has 0 aliphatic carbocycles. The van der Waals surface area contributed by atoms with Crippen LogP contribution in [0.15, 0.2) is 0 Å². The molecule has 0 radical (unpaired) electrons. The molecule has 1 N–H and O–H groups in total. The minimum Gasteiger partial charge on any atom is -0.311 e. The van der Waals surface area contributed by atoms with Crippen molar-refractivity contribution in [2.45, 2.75) is 45.2 Å². The van der Waals surface area contributed by atoms with Gasteiger partial charge in [0.25, 0.3) is 0 Å². The number of rotatable bonds is 2. The summed E-state index contributed by atoms with van der Waals surface area (Å²) in [6.45, 7) is 8.53. The lowest BCUT2D eigenvalue weighted by molar-refractivity contribution is 0.145. The standard InChI is InChI=1S/C11H22N2/c1-3-9(2)11-8-13-6-4-5-10(13)7-12-11/h9-12H,3-8H2,1-2H3/t9-,10?,11+/m0/s1. The smallest absolute Gasteiger partial charge is 0.0221 e. The second-order valence-electron chi connectivity index (χ2n) is 4.69. The lowest BCUT2D eigenvalue weighted by Gasteiger charge is -2.38. The molecule has 76 valence electrons. The number of fused-ring (bicyclic) bond motifs is 1. The second kappa shape index (κ2) is 3.97. The van der Waals surface area contributed by atoms with Gasteiger partial charge in [-0.3, -0.25) is 4.90 Å². The van der Waals surface area contributed by atoms with Crippen LogP contribution in [0.5, 0.6) is 0 Å². The Balaban J connectivity index is 1.89. The summed E-state index contributed by atoms with van der Waals surface area (Å²) in [5, 5.41) is 3.70. The van der Waals surface area contributed by atoms with Crippen molar-refractivity contribution in [3.05, 3.63) is 0 Å². The average Bonchev–Trinajstić information content (AvgIpc) is 2.63. The van der Waals surface area contributed by atoms with E-state index in [-0.39, 0.29) is 0 Å². The summed E-state index contributed by atoms with van der Waals surface area (Å²) in [5.74, 6) is 0.835. The summed E-state index contributed by atoms with van der Waals surface area (Å²) in [7, 11) is 0. The van der Waals surface area contributed by atoms with Gasteiger partial charge in [-0.1, -0.05) is 20.3 Å². The molecule has 0 amide bonds. The highest BCUT2D eigenvalue weighted by atomic mass is 15.2. The summed E-state index contributed by atoms with van der Waals surface area (Å²) >= 11 is 0. The molecule has 2 rings (SSSR count). The predicted octanol–water partition coefficient (Wildman–Crippen LogP) is 1.47. The molecule has 0 saturated carbocycles. The molecule has 0 spiro atoms. The summed E-state index contributed by atoms with van der Waals surface area (Å²) in [6.07, 6.45) is 4.13. The highest BCUT2D eigenvalue weighted by molar-refractivity contribution is 4.91. The van der Waals surface area contributed by atoms with Gasteiger partial charge in [0.1, 0.15) is 0 Å². The van der Waals surface area contributed by atoms with Crippen LogP contribution in [0, 0.1) is 5.92 Å². The van der Waals surface area contributed by atoms with Gasteiger partial charge in [0.15, 0.2) is 0 Å². The number of piperazine rings is 1. The zero-order valence-corrected chi connectivity index (χ0v) is 8.92. The minimum atomic E-state index is 0.749. The first kappa shape index (κ1) is 9.47. The zero-order valence-electron chi connectivity index (χ0n) is 8.92. The average molecular weight is 182 g/mol. The Morgan fingerprint density at radius 1 is 1.54 bits per heavy atom. The highest BCUT2D eigenvalue weighted by Gasteiger charge is 2.32. The molecule has 1 unspecified atom stereocenters.